The molecule has 0 aliphatic carbocycles. The molecular formula is C21H25ClN2O6S. The minimum atomic E-state index is -3.63. The fraction of sp³-hybridized carbons (Fsp3) is 0.333. The van der Waals surface area contributed by atoms with Crippen LogP contribution in [0.5, 0.6) is 5.75 Å². The third-order valence-corrected chi connectivity index (χ3v) is 5.84. The van der Waals surface area contributed by atoms with Crippen molar-refractivity contribution >= 4 is 39.2 Å². The lowest BCUT2D eigenvalue weighted by Gasteiger charge is -2.18. The zero-order valence-electron chi connectivity index (χ0n) is 17.6. The molecule has 2 rings (SSSR count). The quantitative estimate of drug-likeness (QED) is 0.546. The molecule has 0 fully saturated rings. The maximum atomic E-state index is 12.3. The monoisotopic (exact) mass is 468 g/mol. The van der Waals surface area contributed by atoms with Crippen molar-refractivity contribution in [3.05, 3.63) is 53.6 Å². The van der Waals surface area contributed by atoms with Crippen molar-refractivity contribution < 1.29 is 27.5 Å². The van der Waals surface area contributed by atoms with Gasteiger partial charge in [-0.1, -0.05) is 17.7 Å². The summed E-state index contributed by atoms with van der Waals surface area (Å²) in [5.41, 5.74) is 0.361. The van der Waals surface area contributed by atoms with Gasteiger partial charge in [-0.05, 0) is 70.2 Å². The van der Waals surface area contributed by atoms with E-state index in [-0.39, 0.29) is 10.9 Å². The van der Waals surface area contributed by atoms with Crippen molar-refractivity contribution in [1.29, 1.82) is 0 Å². The summed E-state index contributed by atoms with van der Waals surface area (Å²) in [7, 11) is -3.63. The maximum Gasteiger partial charge on any atom is 0.347 e. The highest BCUT2D eigenvalue weighted by molar-refractivity contribution is 7.89. The Hall–Kier alpha value is -2.62. The average molecular weight is 469 g/mol. The number of halogens is 1. The Labute approximate surface area is 186 Å². The lowest BCUT2D eigenvalue weighted by Crippen LogP contribution is -2.35. The van der Waals surface area contributed by atoms with Crippen molar-refractivity contribution in [1.82, 2.24) is 4.72 Å². The SMILES string of the molecule is CC(C)NS(=O)(=O)c1ccc(NC(=O)C(C)OC(=O)C(C)Oc2cccc(Cl)c2)cc1. The van der Waals surface area contributed by atoms with Crippen LogP contribution < -0.4 is 14.8 Å². The van der Waals surface area contributed by atoms with Crippen LogP contribution in [0.15, 0.2) is 53.4 Å². The molecule has 31 heavy (non-hydrogen) atoms. The molecule has 0 saturated heterocycles. The summed E-state index contributed by atoms with van der Waals surface area (Å²) >= 11 is 5.88. The molecule has 0 saturated carbocycles. The van der Waals surface area contributed by atoms with E-state index in [1.54, 1.807) is 38.1 Å². The number of hydrogen-bond donors (Lipinski definition) is 2. The van der Waals surface area contributed by atoms with Crippen LogP contribution in [-0.4, -0.2) is 38.5 Å². The molecular weight excluding hydrogens is 444 g/mol. The van der Waals surface area contributed by atoms with Gasteiger partial charge < -0.3 is 14.8 Å². The first-order chi connectivity index (χ1) is 14.5. The standard InChI is InChI=1S/C21H25ClN2O6S/c1-13(2)24-31(27,28)19-10-8-17(9-11-19)23-20(25)14(3)30-21(26)15(4)29-18-7-5-6-16(22)12-18/h5-15,24H,1-4H3,(H,23,25). The first kappa shape index (κ1) is 24.6. The van der Waals surface area contributed by atoms with Crippen LogP contribution in [0, 0.1) is 0 Å². The maximum absolute atomic E-state index is 12.3. The van der Waals surface area contributed by atoms with Crippen LogP contribution in [0.2, 0.25) is 5.02 Å². The predicted molar refractivity (Wildman–Crippen MR) is 118 cm³/mol. The van der Waals surface area contributed by atoms with Gasteiger partial charge in [0, 0.05) is 16.8 Å². The van der Waals surface area contributed by atoms with Crippen LogP contribution in [0.3, 0.4) is 0 Å². The van der Waals surface area contributed by atoms with Gasteiger partial charge in [0.2, 0.25) is 10.0 Å². The van der Waals surface area contributed by atoms with Crippen LogP contribution in [0.4, 0.5) is 5.69 Å². The number of amides is 1. The highest BCUT2D eigenvalue weighted by atomic mass is 35.5. The van der Waals surface area contributed by atoms with Gasteiger partial charge in [-0.25, -0.2) is 17.9 Å². The molecule has 0 radical (unpaired) electrons. The second-order valence-corrected chi connectivity index (χ2v) is 9.24. The minimum Gasteiger partial charge on any atom is -0.479 e. The number of nitrogens with one attached hydrogen (secondary N) is 2. The molecule has 2 aromatic carbocycles. The van der Waals surface area contributed by atoms with Gasteiger partial charge in [0.15, 0.2) is 12.2 Å². The molecule has 2 atom stereocenters. The Balaban J connectivity index is 1.92. The molecule has 1 amide bonds. The summed E-state index contributed by atoms with van der Waals surface area (Å²) < 4.78 is 37.4. The van der Waals surface area contributed by atoms with Crippen molar-refractivity contribution in [2.45, 2.75) is 50.8 Å². The molecule has 2 unspecified atom stereocenters. The number of ether oxygens (including phenoxy) is 2. The Morgan fingerprint density at radius 1 is 0.968 bits per heavy atom. The minimum absolute atomic E-state index is 0.0747. The molecule has 2 aromatic rings. The predicted octanol–water partition coefficient (Wildman–Crippen LogP) is 3.36. The molecule has 0 aliphatic rings. The Morgan fingerprint density at radius 2 is 1.61 bits per heavy atom. The second kappa shape index (κ2) is 10.6. The summed E-state index contributed by atoms with van der Waals surface area (Å²) in [6, 6.07) is 12.0. The lowest BCUT2D eigenvalue weighted by atomic mass is 10.3. The number of carbonyl (C=O) groups excluding carboxylic acids is 2. The van der Waals surface area contributed by atoms with E-state index in [9.17, 15) is 18.0 Å². The fourth-order valence-corrected chi connectivity index (χ4v) is 3.89. The van der Waals surface area contributed by atoms with Gasteiger partial charge in [-0.2, -0.15) is 0 Å². The number of carbonyl (C=O) groups is 2. The summed E-state index contributed by atoms with van der Waals surface area (Å²) in [4.78, 5) is 24.6. The number of benzene rings is 2. The van der Waals surface area contributed by atoms with Gasteiger partial charge in [0.1, 0.15) is 5.75 Å². The highest BCUT2D eigenvalue weighted by Crippen LogP contribution is 2.19. The van der Waals surface area contributed by atoms with E-state index in [4.69, 9.17) is 21.1 Å². The number of rotatable bonds is 9. The van der Waals surface area contributed by atoms with E-state index in [0.29, 0.717) is 16.5 Å². The Morgan fingerprint density at radius 3 is 2.19 bits per heavy atom. The van der Waals surface area contributed by atoms with E-state index in [1.807, 2.05) is 0 Å². The molecule has 168 valence electrons. The van der Waals surface area contributed by atoms with E-state index < -0.39 is 34.1 Å². The molecule has 0 bridgehead atoms. The van der Waals surface area contributed by atoms with Gasteiger partial charge in [0.05, 0.1) is 4.90 Å². The third-order valence-electron chi connectivity index (χ3n) is 3.93. The van der Waals surface area contributed by atoms with E-state index in [0.717, 1.165) is 0 Å². The third kappa shape index (κ3) is 7.54. The zero-order chi connectivity index (χ0) is 23.2. The average Bonchev–Trinajstić information content (AvgIpc) is 2.67. The van der Waals surface area contributed by atoms with E-state index >= 15 is 0 Å². The molecule has 2 N–H and O–H groups in total. The fourth-order valence-electron chi connectivity index (χ4n) is 2.46. The summed E-state index contributed by atoms with van der Waals surface area (Å²) in [6.45, 7) is 6.36. The van der Waals surface area contributed by atoms with Crippen LogP contribution in [-0.2, 0) is 24.3 Å². The Kier molecular flexibility index (Phi) is 8.43. The zero-order valence-corrected chi connectivity index (χ0v) is 19.2. The van der Waals surface area contributed by atoms with Gasteiger partial charge in [-0.3, -0.25) is 4.79 Å². The van der Waals surface area contributed by atoms with Gasteiger partial charge in [0.25, 0.3) is 5.91 Å². The number of sulfonamides is 1. The second-order valence-electron chi connectivity index (χ2n) is 7.09. The van der Waals surface area contributed by atoms with Crippen molar-refractivity contribution in [2.75, 3.05) is 5.32 Å². The van der Waals surface area contributed by atoms with Crippen molar-refractivity contribution in [2.24, 2.45) is 0 Å². The van der Waals surface area contributed by atoms with Gasteiger partial charge >= 0.3 is 5.97 Å². The lowest BCUT2D eigenvalue weighted by molar-refractivity contribution is -0.159. The highest BCUT2D eigenvalue weighted by Gasteiger charge is 2.23. The summed E-state index contributed by atoms with van der Waals surface area (Å²) in [5.74, 6) is -0.890. The number of anilines is 1. The van der Waals surface area contributed by atoms with Crippen LogP contribution >= 0.6 is 11.6 Å². The van der Waals surface area contributed by atoms with Crippen LogP contribution in [0.1, 0.15) is 27.7 Å². The largest absolute Gasteiger partial charge is 0.479 e. The van der Waals surface area contributed by atoms with Gasteiger partial charge in [-0.15, -0.1) is 0 Å². The number of esters is 1. The van der Waals surface area contributed by atoms with E-state index in [1.165, 1.54) is 38.1 Å². The van der Waals surface area contributed by atoms with Crippen molar-refractivity contribution in [3.63, 3.8) is 0 Å². The molecule has 0 aliphatic heterocycles. The Bertz CT molecular complexity index is 1020. The molecule has 8 nitrogen and oxygen atoms in total. The van der Waals surface area contributed by atoms with Crippen LogP contribution in [0.25, 0.3) is 0 Å². The first-order valence-electron chi connectivity index (χ1n) is 9.54. The molecule has 10 heteroatoms. The van der Waals surface area contributed by atoms with E-state index in [2.05, 4.69) is 10.0 Å². The number of hydrogen-bond acceptors (Lipinski definition) is 6. The first-order valence-corrected chi connectivity index (χ1v) is 11.4. The van der Waals surface area contributed by atoms with Crippen molar-refractivity contribution in [3.8, 4) is 5.75 Å². The topological polar surface area (TPSA) is 111 Å². The normalized spacial score (nSPS) is 13.4. The smallest absolute Gasteiger partial charge is 0.347 e. The molecule has 0 aromatic heterocycles. The summed E-state index contributed by atoms with van der Waals surface area (Å²) in [5, 5.41) is 3.04. The summed E-state index contributed by atoms with van der Waals surface area (Å²) in [6.07, 6.45) is -2.05. The molecule has 0 spiro atoms. The molecule has 0 heterocycles.